The zero-order valence-corrected chi connectivity index (χ0v) is 13.5. The van der Waals surface area contributed by atoms with E-state index in [9.17, 15) is 16.8 Å². The van der Waals surface area contributed by atoms with Crippen molar-refractivity contribution in [3.8, 4) is 0 Å². The first kappa shape index (κ1) is 16.6. The van der Waals surface area contributed by atoms with Crippen LogP contribution in [0.4, 0.5) is 0 Å². The molecule has 0 aliphatic rings. The highest BCUT2D eigenvalue weighted by molar-refractivity contribution is 7.91. The van der Waals surface area contributed by atoms with Gasteiger partial charge >= 0.3 is 0 Å². The van der Waals surface area contributed by atoms with Crippen molar-refractivity contribution in [2.24, 2.45) is 5.73 Å². The van der Waals surface area contributed by atoms with Gasteiger partial charge in [-0.1, -0.05) is 0 Å². The summed E-state index contributed by atoms with van der Waals surface area (Å²) in [6.45, 7) is 1.93. The summed E-state index contributed by atoms with van der Waals surface area (Å²) in [5.74, 6) is -0.199. The number of nitrogens with zero attached hydrogens (tertiary/aromatic N) is 1. The fourth-order valence-electron chi connectivity index (χ4n) is 1.46. The third-order valence-electron chi connectivity index (χ3n) is 2.59. The van der Waals surface area contributed by atoms with Gasteiger partial charge in [-0.05, 0) is 13.0 Å². The maximum absolute atomic E-state index is 12.3. The van der Waals surface area contributed by atoms with Gasteiger partial charge in [-0.15, -0.1) is 11.3 Å². The van der Waals surface area contributed by atoms with Crippen molar-refractivity contribution < 1.29 is 16.8 Å². The summed E-state index contributed by atoms with van der Waals surface area (Å²) in [5.41, 5.74) is 5.49. The molecule has 0 atom stereocenters. The number of hydrogen-bond donors (Lipinski definition) is 1. The lowest BCUT2D eigenvalue weighted by Crippen LogP contribution is -2.31. The maximum Gasteiger partial charge on any atom is 0.243 e. The molecule has 2 N–H and O–H groups in total. The van der Waals surface area contributed by atoms with Crippen LogP contribution in [0.2, 0.25) is 0 Å². The number of sulfone groups is 1. The van der Waals surface area contributed by atoms with Crippen molar-refractivity contribution in [1.82, 2.24) is 4.31 Å². The molecule has 0 aromatic carbocycles. The second-order valence-corrected chi connectivity index (χ2v) is 9.91. The van der Waals surface area contributed by atoms with Gasteiger partial charge in [-0.25, -0.2) is 16.8 Å². The molecule has 0 bridgehead atoms. The summed E-state index contributed by atoms with van der Waals surface area (Å²) in [5, 5.41) is 0. The average molecular weight is 326 g/mol. The van der Waals surface area contributed by atoms with Gasteiger partial charge in [0.1, 0.15) is 9.84 Å². The van der Waals surface area contributed by atoms with Gasteiger partial charge in [0.25, 0.3) is 0 Å². The molecular formula is C10H18N2O4S3. The van der Waals surface area contributed by atoms with Crippen molar-refractivity contribution in [1.29, 1.82) is 0 Å². The smallest absolute Gasteiger partial charge is 0.243 e. The van der Waals surface area contributed by atoms with Crippen molar-refractivity contribution in [3.63, 3.8) is 0 Å². The number of sulfonamides is 1. The first-order chi connectivity index (χ1) is 8.58. The Bertz CT molecular complexity index is 646. The fraction of sp³-hybridized carbons (Fsp3) is 0.600. The highest BCUT2D eigenvalue weighted by atomic mass is 32.2. The molecule has 0 radical (unpaired) electrons. The molecule has 0 fully saturated rings. The number of nitrogens with two attached hydrogens (primary N) is 1. The Kier molecular flexibility index (Phi) is 5.13. The van der Waals surface area contributed by atoms with E-state index in [1.807, 2.05) is 0 Å². The van der Waals surface area contributed by atoms with Crippen molar-refractivity contribution in [3.05, 3.63) is 15.8 Å². The molecule has 0 spiro atoms. The highest BCUT2D eigenvalue weighted by Crippen LogP contribution is 2.27. The molecule has 110 valence electrons. The van der Waals surface area contributed by atoms with Gasteiger partial charge in [0.15, 0.2) is 0 Å². The van der Waals surface area contributed by atoms with Crippen LogP contribution in [-0.2, 0) is 26.4 Å². The van der Waals surface area contributed by atoms with E-state index >= 15 is 0 Å². The molecule has 19 heavy (non-hydrogen) atoms. The van der Waals surface area contributed by atoms with Crippen molar-refractivity contribution in [2.75, 3.05) is 25.6 Å². The third-order valence-corrected chi connectivity index (χ3v) is 6.70. The molecule has 0 unspecified atom stereocenters. The van der Waals surface area contributed by atoms with E-state index in [1.54, 1.807) is 13.0 Å². The van der Waals surface area contributed by atoms with Crippen molar-refractivity contribution in [2.45, 2.75) is 18.4 Å². The van der Waals surface area contributed by atoms with Crippen LogP contribution in [0.1, 0.15) is 9.75 Å². The number of rotatable bonds is 6. The predicted molar refractivity (Wildman–Crippen MR) is 76.5 cm³/mol. The molecule has 0 aliphatic carbocycles. The Morgan fingerprint density at radius 3 is 2.32 bits per heavy atom. The Morgan fingerprint density at radius 1 is 1.32 bits per heavy atom. The molecule has 1 aromatic rings. The van der Waals surface area contributed by atoms with E-state index < -0.39 is 19.9 Å². The SMILES string of the molecule is Cc1sc(CN)cc1S(=O)(=O)N(C)CCS(C)(=O)=O. The molecular weight excluding hydrogens is 308 g/mol. The lowest BCUT2D eigenvalue weighted by Gasteiger charge is -2.16. The Morgan fingerprint density at radius 2 is 1.89 bits per heavy atom. The van der Waals surface area contributed by atoms with Crippen LogP contribution in [0.15, 0.2) is 11.0 Å². The predicted octanol–water partition coefficient (Wildman–Crippen LogP) is 0.180. The van der Waals surface area contributed by atoms with Crippen LogP contribution >= 0.6 is 11.3 Å². The average Bonchev–Trinajstić information content (AvgIpc) is 2.67. The molecule has 0 saturated heterocycles. The second kappa shape index (κ2) is 5.88. The highest BCUT2D eigenvalue weighted by Gasteiger charge is 2.25. The van der Waals surface area contributed by atoms with Crippen LogP contribution in [0, 0.1) is 6.92 Å². The van der Waals surface area contributed by atoms with Crippen LogP contribution in [0.25, 0.3) is 0 Å². The molecule has 9 heteroatoms. The summed E-state index contributed by atoms with van der Waals surface area (Å²) in [6, 6.07) is 1.55. The van der Waals surface area contributed by atoms with Crippen LogP contribution in [0.5, 0.6) is 0 Å². The van der Waals surface area contributed by atoms with Gasteiger partial charge in [0, 0.05) is 36.1 Å². The summed E-state index contributed by atoms with van der Waals surface area (Å²) < 4.78 is 47.8. The quantitative estimate of drug-likeness (QED) is 0.804. The molecule has 6 nitrogen and oxygen atoms in total. The standard InChI is InChI=1S/C10H18N2O4S3/c1-8-10(6-9(7-11)17-8)19(15,16)12(2)4-5-18(3,13)14/h6H,4-5,7,11H2,1-3H3. The van der Waals surface area contributed by atoms with Gasteiger partial charge < -0.3 is 5.73 Å². The first-order valence-electron chi connectivity index (χ1n) is 5.51. The maximum atomic E-state index is 12.3. The zero-order valence-electron chi connectivity index (χ0n) is 11.1. The summed E-state index contributed by atoms with van der Waals surface area (Å²) in [4.78, 5) is 1.65. The van der Waals surface area contributed by atoms with Crippen LogP contribution in [-0.4, -0.2) is 46.7 Å². The van der Waals surface area contributed by atoms with E-state index in [-0.39, 0.29) is 23.7 Å². The second-order valence-electron chi connectivity index (χ2n) is 4.29. The van der Waals surface area contributed by atoms with Gasteiger partial charge in [-0.3, -0.25) is 0 Å². The minimum absolute atomic E-state index is 0.0611. The molecule has 1 heterocycles. The van der Waals surface area contributed by atoms with Gasteiger partial charge in [0.2, 0.25) is 10.0 Å². The van der Waals surface area contributed by atoms with Gasteiger partial charge in [-0.2, -0.15) is 4.31 Å². The Labute approximate surface area is 118 Å². The summed E-state index contributed by atoms with van der Waals surface area (Å²) in [7, 11) is -5.48. The molecule has 0 amide bonds. The minimum atomic E-state index is -3.66. The topological polar surface area (TPSA) is 97.5 Å². The third kappa shape index (κ3) is 4.25. The normalized spacial score (nSPS) is 13.1. The molecule has 0 aliphatic heterocycles. The number of aryl methyl sites for hydroxylation is 1. The van der Waals surface area contributed by atoms with E-state index in [2.05, 4.69) is 0 Å². The monoisotopic (exact) mass is 326 g/mol. The van der Waals surface area contributed by atoms with Gasteiger partial charge in [0.05, 0.1) is 10.6 Å². The molecule has 0 saturated carbocycles. The lowest BCUT2D eigenvalue weighted by atomic mass is 10.4. The number of thiophene rings is 1. The number of hydrogen-bond acceptors (Lipinski definition) is 6. The molecule has 1 rings (SSSR count). The summed E-state index contributed by atoms with van der Waals surface area (Å²) >= 11 is 1.33. The minimum Gasteiger partial charge on any atom is -0.326 e. The largest absolute Gasteiger partial charge is 0.326 e. The van der Waals surface area contributed by atoms with E-state index in [1.165, 1.54) is 18.4 Å². The van der Waals surface area contributed by atoms with E-state index in [0.717, 1.165) is 15.4 Å². The van der Waals surface area contributed by atoms with Crippen LogP contribution < -0.4 is 5.73 Å². The van der Waals surface area contributed by atoms with E-state index in [0.29, 0.717) is 4.88 Å². The first-order valence-corrected chi connectivity index (χ1v) is 9.83. The van der Waals surface area contributed by atoms with Crippen LogP contribution in [0.3, 0.4) is 0 Å². The van der Waals surface area contributed by atoms with E-state index in [4.69, 9.17) is 5.73 Å². The Hall–Kier alpha value is -0.480. The fourth-order valence-corrected chi connectivity index (χ4v) is 4.83. The lowest BCUT2D eigenvalue weighted by molar-refractivity contribution is 0.484. The Balaban J connectivity index is 2.99. The van der Waals surface area contributed by atoms with Crippen molar-refractivity contribution >= 4 is 31.2 Å². The summed E-state index contributed by atoms with van der Waals surface area (Å²) in [6.07, 6.45) is 1.08. The molecule has 1 aromatic heterocycles. The zero-order chi connectivity index (χ0) is 14.8.